The van der Waals surface area contributed by atoms with Gasteiger partial charge in [-0.15, -0.1) is 11.3 Å². The summed E-state index contributed by atoms with van der Waals surface area (Å²) in [5.41, 5.74) is 3.68. The summed E-state index contributed by atoms with van der Waals surface area (Å²) in [5, 5.41) is 4.60. The number of aromatic nitrogens is 2. The van der Waals surface area contributed by atoms with E-state index in [1.165, 1.54) is 11.3 Å². The topological polar surface area (TPSA) is 102 Å². The van der Waals surface area contributed by atoms with E-state index in [9.17, 15) is 9.59 Å². The van der Waals surface area contributed by atoms with Crippen molar-refractivity contribution in [2.45, 2.75) is 13.5 Å². The molecule has 2 aromatic rings. The maximum Gasteiger partial charge on any atom is 0.285 e. The number of hydrazine groups is 1. The third-order valence-electron chi connectivity index (χ3n) is 2.99. The molecule has 2 amide bonds. The number of nitrogens with two attached hydrogens (primary N) is 1. The minimum Gasteiger partial charge on any atom is -0.346 e. The Labute approximate surface area is 112 Å². The van der Waals surface area contributed by atoms with E-state index in [0.717, 1.165) is 5.69 Å². The molecular weight excluding hydrogens is 266 g/mol. The summed E-state index contributed by atoms with van der Waals surface area (Å²) < 4.78 is 1.81. The standard InChI is InChI=1S/C11H11N5O2S/c1-5-14-8(10(17)15-12)7-4-13-11(18)9-6(16(5)7)2-3-19-9/h2-3H,4,12H2,1H3,(H,13,18)(H,15,17). The first-order chi connectivity index (χ1) is 9.13. The number of carbonyl (C=O) groups excluding carboxylic acids is 2. The molecule has 1 aliphatic heterocycles. The van der Waals surface area contributed by atoms with Crippen LogP contribution in [0.2, 0.25) is 0 Å². The minimum atomic E-state index is -0.468. The van der Waals surface area contributed by atoms with Crippen LogP contribution < -0.4 is 16.6 Å². The summed E-state index contributed by atoms with van der Waals surface area (Å²) >= 11 is 1.36. The molecule has 0 aromatic carbocycles. The molecule has 2 aromatic heterocycles. The monoisotopic (exact) mass is 277 g/mol. The summed E-state index contributed by atoms with van der Waals surface area (Å²) in [6.07, 6.45) is 0. The van der Waals surface area contributed by atoms with Gasteiger partial charge < -0.3 is 5.32 Å². The van der Waals surface area contributed by atoms with Crippen molar-refractivity contribution in [3.8, 4) is 5.69 Å². The van der Waals surface area contributed by atoms with Crippen LogP contribution in [0.25, 0.3) is 5.69 Å². The number of nitrogens with one attached hydrogen (secondary N) is 2. The smallest absolute Gasteiger partial charge is 0.285 e. The molecule has 1 aliphatic rings. The number of thiophene rings is 1. The zero-order valence-electron chi connectivity index (χ0n) is 10.1. The second-order valence-corrected chi connectivity index (χ2v) is 5.00. The van der Waals surface area contributed by atoms with Crippen molar-refractivity contribution < 1.29 is 9.59 Å². The number of aryl methyl sites for hydroxylation is 1. The molecule has 0 spiro atoms. The van der Waals surface area contributed by atoms with Crippen molar-refractivity contribution in [3.63, 3.8) is 0 Å². The van der Waals surface area contributed by atoms with E-state index >= 15 is 0 Å². The zero-order chi connectivity index (χ0) is 13.6. The van der Waals surface area contributed by atoms with Gasteiger partial charge in [0.05, 0.1) is 17.9 Å². The van der Waals surface area contributed by atoms with Gasteiger partial charge >= 0.3 is 0 Å². The Balaban J connectivity index is 2.27. The minimum absolute atomic E-state index is 0.146. The molecule has 0 saturated carbocycles. The molecule has 98 valence electrons. The number of hydrogen-bond donors (Lipinski definition) is 3. The third-order valence-corrected chi connectivity index (χ3v) is 3.90. The zero-order valence-corrected chi connectivity index (χ0v) is 10.9. The fraction of sp³-hybridized carbons (Fsp3) is 0.182. The second-order valence-electron chi connectivity index (χ2n) is 4.08. The van der Waals surface area contributed by atoms with Gasteiger partial charge in [0.2, 0.25) is 0 Å². The van der Waals surface area contributed by atoms with Gasteiger partial charge in [-0.25, -0.2) is 10.8 Å². The summed E-state index contributed by atoms with van der Waals surface area (Å²) in [7, 11) is 0. The Morgan fingerprint density at radius 1 is 1.63 bits per heavy atom. The first-order valence-corrected chi connectivity index (χ1v) is 6.46. The Bertz CT molecular complexity index is 687. The van der Waals surface area contributed by atoms with Crippen molar-refractivity contribution in [2.75, 3.05) is 0 Å². The van der Waals surface area contributed by atoms with Gasteiger partial charge in [-0.05, 0) is 18.4 Å². The Hall–Kier alpha value is -2.19. The van der Waals surface area contributed by atoms with Crippen LogP contribution in [0.4, 0.5) is 0 Å². The molecule has 0 fully saturated rings. The van der Waals surface area contributed by atoms with Crippen LogP contribution in [0.1, 0.15) is 31.7 Å². The molecule has 0 unspecified atom stereocenters. The average Bonchev–Trinajstić information content (AvgIpc) is 2.96. The van der Waals surface area contributed by atoms with Crippen LogP contribution in [0.3, 0.4) is 0 Å². The number of rotatable bonds is 1. The maximum atomic E-state index is 11.9. The normalized spacial score (nSPS) is 13.3. The number of carbonyl (C=O) groups is 2. The fourth-order valence-corrected chi connectivity index (χ4v) is 3.00. The lowest BCUT2D eigenvalue weighted by atomic mass is 10.3. The van der Waals surface area contributed by atoms with Crippen molar-refractivity contribution in [3.05, 3.63) is 33.5 Å². The summed E-state index contributed by atoms with van der Waals surface area (Å²) in [6.45, 7) is 2.03. The van der Waals surface area contributed by atoms with Crippen LogP contribution in [-0.4, -0.2) is 21.4 Å². The van der Waals surface area contributed by atoms with Crippen molar-refractivity contribution in [1.29, 1.82) is 0 Å². The lowest BCUT2D eigenvalue weighted by Gasteiger charge is -2.06. The second kappa shape index (κ2) is 4.18. The largest absolute Gasteiger partial charge is 0.346 e. The van der Waals surface area contributed by atoms with Crippen LogP contribution >= 0.6 is 11.3 Å². The molecule has 0 aliphatic carbocycles. The molecule has 0 radical (unpaired) electrons. The van der Waals surface area contributed by atoms with Gasteiger partial charge in [0.25, 0.3) is 11.8 Å². The third kappa shape index (κ3) is 1.65. The Morgan fingerprint density at radius 2 is 2.42 bits per heavy atom. The molecule has 3 rings (SSSR count). The molecule has 4 N–H and O–H groups in total. The van der Waals surface area contributed by atoms with Crippen LogP contribution in [0, 0.1) is 6.92 Å². The number of fused-ring (bicyclic) bond motifs is 3. The summed E-state index contributed by atoms with van der Waals surface area (Å²) in [5.74, 6) is 5.18. The van der Waals surface area contributed by atoms with Crippen molar-refractivity contribution >= 4 is 23.2 Å². The lowest BCUT2D eigenvalue weighted by molar-refractivity contribution is 0.0936. The Morgan fingerprint density at radius 3 is 3.16 bits per heavy atom. The van der Waals surface area contributed by atoms with Gasteiger partial charge in [-0.1, -0.05) is 0 Å². The highest BCUT2D eigenvalue weighted by molar-refractivity contribution is 7.12. The first-order valence-electron chi connectivity index (χ1n) is 5.58. The average molecular weight is 277 g/mol. The van der Waals surface area contributed by atoms with Gasteiger partial charge in [0.1, 0.15) is 10.7 Å². The quantitative estimate of drug-likeness (QED) is 0.390. The van der Waals surface area contributed by atoms with Crippen LogP contribution in [0.15, 0.2) is 11.4 Å². The molecule has 0 bridgehead atoms. The highest BCUT2D eigenvalue weighted by atomic mass is 32.1. The molecule has 19 heavy (non-hydrogen) atoms. The predicted molar refractivity (Wildman–Crippen MR) is 69.0 cm³/mol. The van der Waals surface area contributed by atoms with E-state index < -0.39 is 5.91 Å². The van der Waals surface area contributed by atoms with Crippen molar-refractivity contribution in [2.24, 2.45) is 5.84 Å². The van der Waals surface area contributed by atoms with E-state index in [1.807, 2.05) is 16.0 Å². The summed E-state index contributed by atoms with van der Waals surface area (Å²) in [4.78, 5) is 28.5. The number of hydrogen-bond acceptors (Lipinski definition) is 5. The molecule has 7 nitrogen and oxygen atoms in total. The van der Waals surface area contributed by atoms with E-state index in [0.29, 0.717) is 16.4 Å². The number of imidazole rings is 1. The number of nitrogens with zero attached hydrogens (tertiary/aromatic N) is 2. The molecule has 3 heterocycles. The molecule has 8 heteroatoms. The van der Waals surface area contributed by atoms with E-state index in [1.54, 1.807) is 6.92 Å². The first kappa shape index (κ1) is 11.9. The van der Waals surface area contributed by atoms with Crippen LogP contribution in [0.5, 0.6) is 0 Å². The van der Waals surface area contributed by atoms with E-state index in [-0.39, 0.29) is 18.1 Å². The number of nitrogen functional groups attached to an aromatic ring is 1. The van der Waals surface area contributed by atoms with Crippen LogP contribution in [-0.2, 0) is 6.54 Å². The highest BCUT2D eigenvalue weighted by Crippen LogP contribution is 2.28. The van der Waals surface area contributed by atoms with E-state index in [2.05, 4.69) is 15.7 Å². The van der Waals surface area contributed by atoms with Gasteiger partial charge in [-0.3, -0.25) is 19.6 Å². The molecular formula is C11H11N5O2S. The Kier molecular flexibility index (Phi) is 2.61. The highest BCUT2D eigenvalue weighted by Gasteiger charge is 2.27. The van der Waals surface area contributed by atoms with Crippen molar-refractivity contribution in [1.82, 2.24) is 20.3 Å². The maximum absolute atomic E-state index is 11.9. The SMILES string of the molecule is Cc1nc(C(=O)NN)c2n1-c1ccsc1C(=O)NC2. The van der Waals surface area contributed by atoms with Gasteiger partial charge in [-0.2, -0.15) is 0 Å². The molecule has 0 atom stereocenters. The summed E-state index contributed by atoms with van der Waals surface area (Å²) in [6, 6.07) is 1.84. The van der Waals surface area contributed by atoms with Gasteiger partial charge in [0.15, 0.2) is 5.69 Å². The predicted octanol–water partition coefficient (Wildman–Crippen LogP) is 0.0891. The van der Waals surface area contributed by atoms with E-state index in [4.69, 9.17) is 5.84 Å². The lowest BCUT2D eigenvalue weighted by Crippen LogP contribution is -2.32. The number of amides is 2. The fourth-order valence-electron chi connectivity index (χ4n) is 2.20. The van der Waals surface area contributed by atoms with Gasteiger partial charge in [0, 0.05) is 0 Å². The molecule has 0 saturated heterocycles.